The topological polar surface area (TPSA) is 140 Å². The van der Waals surface area contributed by atoms with Gasteiger partial charge in [0.2, 0.25) is 5.91 Å². The average molecular weight is 584 g/mol. The minimum atomic E-state index is -0.188. The maximum Gasteiger partial charge on any atom is 0.225 e. The summed E-state index contributed by atoms with van der Waals surface area (Å²) in [5.74, 6) is 0.603. The molecule has 2 aromatic heterocycles. The predicted molar refractivity (Wildman–Crippen MR) is 176 cm³/mol. The lowest BCUT2D eigenvalue weighted by atomic mass is 9.83. The normalized spacial score (nSPS) is 15.3. The highest BCUT2D eigenvalue weighted by Gasteiger charge is 2.25. The van der Waals surface area contributed by atoms with E-state index >= 15 is 0 Å². The number of hydrogen-bond donors (Lipinski definition) is 4. The zero-order valence-corrected chi connectivity index (χ0v) is 25.6. The maximum absolute atomic E-state index is 13.4. The highest BCUT2D eigenvalue weighted by Crippen LogP contribution is 2.37. The van der Waals surface area contributed by atoms with Crippen molar-refractivity contribution in [1.82, 2.24) is 21.0 Å². The number of anilines is 3. The SMILES string of the molecule is CC[C@@H]1CN(Cc2cc([C@H](CC(=O)Nc3cccnc3)c3ccc(NC)c(N)c3C)ccc2C)Cc2ncccc2O1.N.[HH]. The Bertz CT molecular complexity index is 1550. The molecule has 5 rings (SSSR count). The summed E-state index contributed by atoms with van der Waals surface area (Å²) in [4.78, 5) is 24.5. The minimum Gasteiger partial charge on any atom is -0.487 e. The summed E-state index contributed by atoms with van der Waals surface area (Å²) >= 11 is 0. The molecule has 0 radical (unpaired) electrons. The van der Waals surface area contributed by atoms with Crippen LogP contribution < -0.4 is 27.3 Å². The van der Waals surface area contributed by atoms with Crippen molar-refractivity contribution in [3.8, 4) is 5.75 Å². The minimum absolute atomic E-state index is 0. The molecule has 0 saturated carbocycles. The van der Waals surface area contributed by atoms with Crippen molar-refractivity contribution in [3.05, 3.63) is 107 Å². The summed E-state index contributed by atoms with van der Waals surface area (Å²) in [7, 11) is 1.86. The lowest BCUT2D eigenvalue weighted by Gasteiger charge is -2.26. The van der Waals surface area contributed by atoms with Crippen LogP contribution in [0.25, 0.3) is 0 Å². The fraction of sp³-hybridized carbons (Fsp3) is 0.324. The van der Waals surface area contributed by atoms with Gasteiger partial charge in [-0.05, 0) is 78.4 Å². The molecule has 0 bridgehead atoms. The Kier molecular flexibility index (Phi) is 10.3. The van der Waals surface area contributed by atoms with Gasteiger partial charge >= 0.3 is 0 Å². The van der Waals surface area contributed by atoms with Crippen LogP contribution in [0.3, 0.4) is 0 Å². The Morgan fingerprint density at radius 3 is 2.72 bits per heavy atom. The van der Waals surface area contributed by atoms with Gasteiger partial charge in [-0.2, -0.15) is 0 Å². The second-order valence-corrected chi connectivity index (χ2v) is 11.0. The van der Waals surface area contributed by atoms with Crippen LogP contribution >= 0.6 is 0 Å². The van der Waals surface area contributed by atoms with Gasteiger partial charge in [-0.25, -0.2) is 0 Å². The molecule has 4 aromatic rings. The van der Waals surface area contributed by atoms with E-state index in [2.05, 4.69) is 63.6 Å². The summed E-state index contributed by atoms with van der Waals surface area (Å²) in [5.41, 5.74) is 15.2. The van der Waals surface area contributed by atoms with E-state index in [0.717, 1.165) is 53.3 Å². The first-order valence-corrected chi connectivity index (χ1v) is 14.5. The summed E-state index contributed by atoms with van der Waals surface area (Å²) in [6.45, 7) is 8.61. The van der Waals surface area contributed by atoms with Gasteiger partial charge in [0, 0.05) is 52.8 Å². The molecule has 0 saturated heterocycles. The Morgan fingerprint density at radius 2 is 1.98 bits per heavy atom. The number of hydrogen-bond acceptors (Lipinski definition) is 8. The first-order valence-electron chi connectivity index (χ1n) is 14.5. The van der Waals surface area contributed by atoms with Crippen molar-refractivity contribution in [2.75, 3.05) is 30.0 Å². The zero-order valence-electron chi connectivity index (χ0n) is 25.6. The molecule has 1 amide bonds. The molecule has 0 fully saturated rings. The van der Waals surface area contributed by atoms with Crippen LogP contribution in [0.4, 0.5) is 17.1 Å². The molecule has 1 aliphatic rings. The number of amides is 1. The molecular weight excluding hydrogens is 538 g/mol. The molecule has 3 heterocycles. The van der Waals surface area contributed by atoms with Crippen molar-refractivity contribution in [1.29, 1.82) is 0 Å². The molecule has 7 N–H and O–H groups in total. The second-order valence-electron chi connectivity index (χ2n) is 11.0. The summed E-state index contributed by atoms with van der Waals surface area (Å²) < 4.78 is 6.29. The highest BCUT2D eigenvalue weighted by molar-refractivity contribution is 5.91. The van der Waals surface area contributed by atoms with Gasteiger partial charge in [0.25, 0.3) is 0 Å². The molecule has 228 valence electrons. The molecule has 9 nitrogen and oxygen atoms in total. The van der Waals surface area contributed by atoms with Gasteiger partial charge in [0.05, 0.1) is 29.0 Å². The van der Waals surface area contributed by atoms with E-state index in [-0.39, 0.29) is 31.9 Å². The van der Waals surface area contributed by atoms with E-state index in [1.54, 1.807) is 12.4 Å². The summed E-state index contributed by atoms with van der Waals surface area (Å²) in [5, 5.41) is 6.18. The van der Waals surface area contributed by atoms with Crippen molar-refractivity contribution >= 4 is 23.0 Å². The van der Waals surface area contributed by atoms with Gasteiger partial charge in [0.1, 0.15) is 11.9 Å². The largest absolute Gasteiger partial charge is 0.487 e. The number of nitrogens with two attached hydrogens (primary N) is 1. The van der Waals surface area contributed by atoms with Crippen LogP contribution in [0.2, 0.25) is 0 Å². The van der Waals surface area contributed by atoms with Gasteiger partial charge in [-0.3, -0.25) is 19.7 Å². The number of rotatable bonds is 9. The number of nitrogen functional groups attached to an aromatic ring is 1. The number of aromatic nitrogens is 2. The molecule has 0 aliphatic carbocycles. The molecular formula is C34H45N7O2. The quantitative estimate of drug-likeness (QED) is 0.165. The second kappa shape index (κ2) is 14.1. The molecule has 1 aliphatic heterocycles. The number of nitrogens with one attached hydrogen (secondary N) is 2. The smallest absolute Gasteiger partial charge is 0.225 e. The lowest BCUT2D eigenvalue weighted by Crippen LogP contribution is -2.32. The number of nitrogens with zero attached hydrogens (tertiary/aromatic N) is 3. The number of fused-ring (bicyclic) bond motifs is 1. The van der Waals surface area contributed by atoms with Crippen molar-refractivity contribution < 1.29 is 11.0 Å². The zero-order chi connectivity index (χ0) is 29.6. The number of carbonyl (C=O) groups is 1. The summed E-state index contributed by atoms with van der Waals surface area (Å²) in [6.07, 6.45) is 6.45. The maximum atomic E-state index is 13.4. The molecule has 0 spiro atoms. The van der Waals surface area contributed by atoms with Crippen LogP contribution in [0.5, 0.6) is 5.75 Å². The summed E-state index contributed by atoms with van der Waals surface area (Å²) in [6, 6.07) is 18.2. The van der Waals surface area contributed by atoms with Gasteiger partial charge < -0.3 is 27.3 Å². The number of aryl methyl sites for hydroxylation is 1. The number of benzene rings is 2. The molecule has 0 unspecified atom stereocenters. The number of carbonyl (C=O) groups excluding carboxylic acids is 1. The third kappa shape index (κ3) is 7.31. The predicted octanol–water partition coefficient (Wildman–Crippen LogP) is 6.46. The van der Waals surface area contributed by atoms with E-state index in [4.69, 9.17) is 10.5 Å². The molecule has 2 aromatic carbocycles. The van der Waals surface area contributed by atoms with E-state index in [1.807, 2.05) is 50.5 Å². The Labute approximate surface area is 256 Å². The lowest BCUT2D eigenvalue weighted by molar-refractivity contribution is -0.116. The third-order valence-electron chi connectivity index (χ3n) is 8.14. The van der Waals surface area contributed by atoms with Crippen LogP contribution in [0, 0.1) is 13.8 Å². The molecule has 9 heteroatoms. The number of ether oxygens (including phenoxy) is 1. The van der Waals surface area contributed by atoms with E-state index in [0.29, 0.717) is 17.9 Å². The van der Waals surface area contributed by atoms with Gasteiger partial charge in [0.15, 0.2) is 0 Å². The van der Waals surface area contributed by atoms with Crippen LogP contribution in [0.15, 0.2) is 73.2 Å². The van der Waals surface area contributed by atoms with Gasteiger partial charge in [-0.1, -0.05) is 31.2 Å². The number of pyridine rings is 2. The van der Waals surface area contributed by atoms with E-state index in [9.17, 15) is 4.79 Å². The van der Waals surface area contributed by atoms with Crippen LogP contribution in [-0.2, 0) is 17.9 Å². The monoisotopic (exact) mass is 583 g/mol. The van der Waals surface area contributed by atoms with Crippen molar-refractivity contribution in [2.45, 2.75) is 58.7 Å². The molecule has 43 heavy (non-hydrogen) atoms. The average Bonchev–Trinajstić information content (AvgIpc) is 3.18. The fourth-order valence-electron chi connectivity index (χ4n) is 5.67. The third-order valence-corrected chi connectivity index (χ3v) is 8.14. The Morgan fingerprint density at radius 1 is 1.16 bits per heavy atom. The van der Waals surface area contributed by atoms with E-state index < -0.39 is 0 Å². The first-order chi connectivity index (χ1) is 20.4. The molecule has 2 atom stereocenters. The van der Waals surface area contributed by atoms with Gasteiger partial charge in [-0.15, -0.1) is 0 Å². The fourth-order valence-corrected chi connectivity index (χ4v) is 5.67. The van der Waals surface area contributed by atoms with Crippen molar-refractivity contribution in [2.24, 2.45) is 0 Å². The standard InChI is InChI=1S/C34H40N6O2.H3N.H2/c1-5-27-20-40(21-31-32(42-27)9-7-15-38-31)19-25-16-24(11-10-22(25)2)29(17-33(41)39-26-8-6-14-37-18-26)28-12-13-30(36-4)34(35)23(28)3;;/h6-16,18,27,29,36H,5,17,19-21,35H2,1-4H3,(H,39,41);1H3;1H/t27-,29+;;/m1../s1. The first kappa shape index (κ1) is 31.5. The van der Waals surface area contributed by atoms with Crippen LogP contribution in [-0.4, -0.2) is 40.5 Å². The van der Waals surface area contributed by atoms with E-state index in [1.165, 1.54) is 11.1 Å². The Balaban J connectivity index is 0.00000264. The van der Waals surface area contributed by atoms with Crippen LogP contribution in [0.1, 0.15) is 60.6 Å². The Hall–Kier alpha value is -4.47. The van der Waals surface area contributed by atoms with Crippen molar-refractivity contribution in [3.63, 3.8) is 0 Å². The highest BCUT2D eigenvalue weighted by atomic mass is 16.5.